The predicted octanol–water partition coefficient (Wildman–Crippen LogP) is 3.77. The molecule has 0 aliphatic heterocycles. The molecule has 140 valence electrons. The van der Waals surface area contributed by atoms with E-state index in [1.807, 2.05) is 35.7 Å². The molecule has 0 aliphatic rings. The first-order valence-electron chi connectivity index (χ1n) is 8.00. The lowest BCUT2D eigenvalue weighted by molar-refractivity contribution is -0.116. The maximum absolute atomic E-state index is 12.1. The fourth-order valence-electron chi connectivity index (χ4n) is 2.25. The van der Waals surface area contributed by atoms with Crippen LogP contribution in [0.2, 0.25) is 5.02 Å². The van der Waals surface area contributed by atoms with Gasteiger partial charge in [0.05, 0.1) is 10.6 Å². The van der Waals surface area contributed by atoms with E-state index < -0.39 is 10.0 Å². The summed E-state index contributed by atoms with van der Waals surface area (Å²) in [4.78, 5) is 16.5. The molecule has 0 aliphatic carbocycles. The Bertz CT molecular complexity index is 1020. The van der Waals surface area contributed by atoms with Crippen molar-refractivity contribution in [2.24, 2.45) is 0 Å². The summed E-state index contributed by atoms with van der Waals surface area (Å²) in [6.07, 6.45) is -0.00687. The molecule has 2 N–H and O–H groups in total. The highest BCUT2D eigenvalue weighted by atomic mass is 35.5. The zero-order valence-electron chi connectivity index (χ0n) is 14.1. The second kappa shape index (κ2) is 8.62. The van der Waals surface area contributed by atoms with Gasteiger partial charge in [-0.2, -0.15) is 0 Å². The SMILES string of the molecule is O=C(CCNS(=O)(=O)c1ccc(Cl)cc1)Nc1nc(-c2ccccc2)cs1. The number of nitrogens with zero attached hydrogens (tertiary/aromatic N) is 1. The quantitative estimate of drug-likeness (QED) is 0.607. The van der Waals surface area contributed by atoms with E-state index in [0.717, 1.165) is 11.3 Å². The van der Waals surface area contributed by atoms with Crippen molar-refractivity contribution in [1.82, 2.24) is 9.71 Å². The third-order valence-electron chi connectivity index (χ3n) is 3.59. The molecule has 1 heterocycles. The van der Waals surface area contributed by atoms with Gasteiger partial charge >= 0.3 is 0 Å². The smallest absolute Gasteiger partial charge is 0.240 e. The Hall–Kier alpha value is -2.26. The molecule has 1 aromatic heterocycles. The molecule has 2 aromatic carbocycles. The van der Waals surface area contributed by atoms with Crippen molar-refractivity contribution in [1.29, 1.82) is 0 Å². The molecule has 27 heavy (non-hydrogen) atoms. The number of anilines is 1. The topological polar surface area (TPSA) is 88.2 Å². The molecule has 0 radical (unpaired) electrons. The molecule has 3 aromatic rings. The lowest BCUT2D eigenvalue weighted by atomic mass is 10.2. The van der Waals surface area contributed by atoms with Crippen molar-refractivity contribution in [3.05, 3.63) is 65.0 Å². The summed E-state index contributed by atoms with van der Waals surface area (Å²) in [5.41, 5.74) is 1.74. The van der Waals surface area contributed by atoms with Gasteiger partial charge in [-0.15, -0.1) is 11.3 Å². The minimum Gasteiger partial charge on any atom is -0.302 e. The Morgan fingerprint density at radius 3 is 2.48 bits per heavy atom. The Balaban J connectivity index is 1.51. The minimum absolute atomic E-state index is 0.00687. The van der Waals surface area contributed by atoms with Crippen LogP contribution in [0.25, 0.3) is 11.3 Å². The van der Waals surface area contributed by atoms with Crippen LogP contribution in [0.3, 0.4) is 0 Å². The largest absolute Gasteiger partial charge is 0.302 e. The number of thiazole rings is 1. The molecule has 0 fully saturated rings. The summed E-state index contributed by atoms with van der Waals surface area (Å²) >= 11 is 7.07. The second-order valence-electron chi connectivity index (χ2n) is 5.55. The van der Waals surface area contributed by atoms with E-state index in [4.69, 9.17) is 11.6 Å². The van der Waals surface area contributed by atoms with Crippen molar-refractivity contribution >= 4 is 44.0 Å². The zero-order valence-corrected chi connectivity index (χ0v) is 16.4. The molecule has 0 spiro atoms. The lowest BCUT2D eigenvalue weighted by Gasteiger charge is -2.06. The van der Waals surface area contributed by atoms with Crippen LogP contribution in [0.5, 0.6) is 0 Å². The number of rotatable bonds is 7. The summed E-state index contributed by atoms with van der Waals surface area (Å²) in [5.74, 6) is -0.317. The first kappa shape index (κ1) is 19.5. The van der Waals surface area contributed by atoms with Gasteiger partial charge in [0.15, 0.2) is 5.13 Å². The minimum atomic E-state index is -3.68. The molecule has 1 amide bonds. The van der Waals surface area contributed by atoms with E-state index >= 15 is 0 Å². The van der Waals surface area contributed by atoms with Gasteiger partial charge < -0.3 is 5.32 Å². The molecular formula is C18H16ClN3O3S2. The average molecular weight is 422 g/mol. The van der Waals surface area contributed by atoms with Crippen LogP contribution in [-0.4, -0.2) is 25.9 Å². The molecule has 0 atom stereocenters. The van der Waals surface area contributed by atoms with Crippen LogP contribution in [0.15, 0.2) is 64.9 Å². The Kier molecular flexibility index (Phi) is 6.22. The van der Waals surface area contributed by atoms with Crippen molar-refractivity contribution < 1.29 is 13.2 Å². The number of aromatic nitrogens is 1. The highest BCUT2D eigenvalue weighted by molar-refractivity contribution is 7.89. The summed E-state index contributed by atoms with van der Waals surface area (Å²) in [6.45, 7) is -0.0201. The maximum atomic E-state index is 12.1. The second-order valence-corrected chi connectivity index (χ2v) is 8.62. The number of carbonyl (C=O) groups is 1. The molecule has 6 nitrogen and oxygen atoms in total. The number of benzene rings is 2. The fraction of sp³-hybridized carbons (Fsp3) is 0.111. The zero-order chi connectivity index (χ0) is 19.3. The van der Waals surface area contributed by atoms with E-state index in [1.54, 1.807) is 0 Å². The van der Waals surface area contributed by atoms with Gasteiger partial charge in [-0.05, 0) is 24.3 Å². The summed E-state index contributed by atoms with van der Waals surface area (Å²) < 4.78 is 26.7. The third-order valence-corrected chi connectivity index (χ3v) is 6.07. The van der Waals surface area contributed by atoms with Crippen molar-refractivity contribution in [2.45, 2.75) is 11.3 Å². The first-order valence-corrected chi connectivity index (χ1v) is 10.7. The summed E-state index contributed by atoms with van der Waals surface area (Å²) in [6, 6.07) is 15.4. The number of sulfonamides is 1. The number of hydrogen-bond acceptors (Lipinski definition) is 5. The number of halogens is 1. The molecule has 0 saturated carbocycles. The van der Waals surface area contributed by atoms with Gasteiger partial charge in [0, 0.05) is 28.9 Å². The van der Waals surface area contributed by atoms with Crippen LogP contribution >= 0.6 is 22.9 Å². The molecule has 9 heteroatoms. The van der Waals surface area contributed by atoms with Gasteiger partial charge in [-0.1, -0.05) is 41.9 Å². The van der Waals surface area contributed by atoms with Gasteiger partial charge in [-0.3, -0.25) is 4.79 Å². The van der Waals surface area contributed by atoms with Crippen LogP contribution in [-0.2, 0) is 14.8 Å². The van der Waals surface area contributed by atoms with Gasteiger partial charge in [0.1, 0.15) is 0 Å². The number of amides is 1. The summed E-state index contributed by atoms with van der Waals surface area (Å²) in [5, 5.41) is 5.46. The number of hydrogen-bond donors (Lipinski definition) is 2. The summed E-state index contributed by atoms with van der Waals surface area (Å²) in [7, 11) is -3.68. The molecule has 0 saturated heterocycles. The van der Waals surface area contributed by atoms with Crippen molar-refractivity contribution in [2.75, 3.05) is 11.9 Å². The van der Waals surface area contributed by atoms with E-state index in [2.05, 4.69) is 15.0 Å². The standard InChI is InChI=1S/C18H16ClN3O3S2/c19-14-6-8-15(9-7-14)27(24,25)20-11-10-17(23)22-18-21-16(12-26-18)13-4-2-1-3-5-13/h1-9,12,20H,10-11H2,(H,21,22,23). The first-order chi connectivity index (χ1) is 12.9. The Labute approximate surface area is 166 Å². The highest BCUT2D eigenvalue weighted by Crippen LogP contribution is 2.24. The molecule has 0 unspecified atom stereocenters. The van der Waals surface area contributed by atoms with E-state index in [0.29, 0.717) is 10.2 Å². The molecule has 0 bridgehead atoms. The van der Waals surface area contributed by atoms with Crippen LogP contribution in [0.1, 0.15) is 6.42 Å². The van der Waals surface area contributed by atoms with E-state index in [1.165, 1.54) is 35.6 Å². The number of nitrogens with one attached hydrogen (secondary N) is 2. The Morgan fingerprint density at radius 1 is 1.07 bits per heavy atom. The predicted molar refractivity (Wildman–Crippen MR) is 107 cm³/mol. The third kappa shape index (κ3) is 5.36. The fourth-order valence-corrected chi connectivity index (χ4v) is 4.14. The van der Waals surface area contributed by atoms with Crippen molar-refractivity contribution in [3.8, 4) is 11.3 Å². The molecule has 3 rings (SSSR count). The van der Waals surface area contributed by atoms with Gasteiger partial charge in [0.2, 0.25) is 15.9 Å². The monoisotopic (exact) mass is 421 g/mol. The Morgan fingerprint density at radius 2 is 1.78 bits per heavy atom. The number of carbonyl (C=O) groups excluding carboxylic acids is 1. The lowest BCUT2D eigenvalue weighted by Crippen LogP contribution is -2.27. The van der Waals surface area contributed by atoms with Crippen LogP contribution in [0, 0.1) is 0 Å². The van der Waals surface area contributed by atoms with Crippen LogP contribution < -0.4 is 10.0 Å². The van der Waals surface area contributed by atoms with E-state index in [-0.39, 0.29) is 23.8 Å². The van der Waals surface area contributed by atoms with Gasteiger partial charge in [-0.25, -0.2) is 18.1 Å². The van der Waals surface area contributed by atoms with Crippen LogP contribution in [0.4, 0.5) is 5.13 Å². The van der Waals surface area contributed by atoms with Crippen molar-refractivity contribution in [3.63, 3.8) is 0 Å². The highest BCUT2D eigenvalue weighted by Gasteiger charge is 2.14. The molecular weight excluding hydrogens is 406 g/mol. The normalized spacial score (nSPS) is 11.3. The maximum Gasteiger partial charge on any atom is 0.240 e. The van der Waals surface area contributed by atoms with Gasteiger partial charge in [0.25, 0.3) is 0 Å². The van der Waals surface area contributed by atoms with E-state index in [9.17, 15) is 13.2 Å². The average Bonchev–Trinajstić information content (AvgIpc) is 3.11.